The van der Waals surface area contributed by atoms with Gasteiger partial charge < -0.3 is 4.81 Å². The predicted octanol–water partition coefficient (Wildman–Crippen LogP) is -0.990. The first-order valence-electron chi connectivity index (χ1n) is 2.51. The van der Waals surface area contributed by atoms with Gasteiger partial charge in [0.05, 0.1) is 6.04 Å². The average Bonchev–Trinajstić information content (AvgIpc) is 1.98. The minimum Gasteiger partial charge on any atom is -0.368 e. The van der Waals surface area contributed by atoms with E-state index in [1.165, 1.54) is 0 Å². The number of nitrogens with zero attached hydrogens (tertiary/aromatic N) is 1. The average molecular weight is 124 g/mol. The summed E-state index contributed by atoms with van der Waals surface area (Å²) in [6.07, 6.45) is 0. The van der Waals surface area contributed by atoms with Gasteiger partial charge in [0.1, 0.15) is 0 Å². The first-order valence-corrected chi connectivity index (χ1v) is 2.51. The molecule has 0 bridgehead atoms. The maximum Gasteiger partial charge on any atom is 0.311 e. The number of hydrogen-bond acceptors (Lipinski definition) is 2. The van der Waals surface area contributed by atoms with Gasteiger partial charge in [0.2, 0.25) is 13.9 Å². The molecule has 9 heavy (non-hydrogen) atoms. The molecule has 1 fully saturated rings. The Morgan fingerprint density at radius 3 is 2.33 bits per heavy atom. The van der Waals surface area contributed by atoms with Gasteiger partial charge in [-0.2, -0.15) is 0 Å². The largest absolute Gasteiger partial charge is 0.368 e. The smallest absolute Gasteiger partial charge is 0.311 e. The molecule has 5 heteroatoms. The fourth-order valence-electron chi connectivity index (χ4n) is 0.577. The summed E-state index contributed by atoms with van der Waals surface area (Å²) in [6.45, 7) is 1.56. The van der Waals surface area contributed by atoms with Crippen molar-refractivity contribution < 1.29 is 9.59 Å². The zero-order chi connectivity index (χ0) is 7.02. The zero-order valence-electron chi connectivity index (χ0n) is 4.92. The van der Waals surface area contributed by atoms with E-state index >= 15 is 0 Å². The summed E-state index contributed by atoms with van der Waals surface area (Å²) in [7, 11) is 5.11. The molecule has 0 aromatic rings. The fourth-order valence-corrected chi connectivity index (χ4v) is 0.577. The van der Waals surface area contributed by atoms with Crippen LogP contribution in [0.3, 0.4) is 0 Å². The van der Waals surface area contributed by atoms with Crippen molar-refractivity contribution in [3.63, 3.8) is 0 Å². The molecule has 1 rings (SSSR count). The molecule has 1 atom stereocenters. The highest BCUT2D eigenvalue weighted by atomic mass is 16.2. The van der Waals surface area contributed by atoms with E-state index in [1.807, 2.05) is 5.32 Å². The van der Waals surface area contributed by atoms with Crippen LogP contribution in [0, 0.1) is 0 Å². The first kappa shape index (κ1) is 6.13. The van der Waals surface area contributed by atoms with Crippen molar-refractivity contribution in [2.24, 2.45) is 0 Å². The number of carbonyl (C=O) groups is 2. The van der Waals surface area contributed by atoms with E-state index in [1.54, 1.807) is 6.92 Å². The molecule has 0 saturated carbocycles. The summed E-state index contributed by atoms with van der Waals surface area (Å²) in [5.41, 5.74) is 0. The Hall–Kier alpha value is -0.995. The Morgan fingerprint density at radius 2 is 2.22 bits per heavy atom. The Balaban J connectivity index is 2.77. The molecule has 3 amide bonds. The van der Waals surface area contributed by atoms with Gasteiger partial charge in [-0.3, -0.25) is 10.1 Å². The van der Waals surface area contributed by atoms with Crippen LogP contribution < -0.4 is 5.32 Å². The summed E-state index contributed by atoms with van der Waals surface area (Å²) in [6, 6.07) is -1.06. The maximum atomic E-state index is 10.5. The van der Waals surface area contributed by atoms with Crippen LogP contribution in [0.1, 0.15) is 6.92 Å². The van der Waals surface area contributed by atoms with E-state index in [4.69, 9.17) is 7.98 Å². The van der Waals surface area contributed by atoms with Crippen molar-refractivity contribution in [1.29, 1.82) is 0 Å². The van der Waals surface area contributed by atoms with Crippen LogP contribution in [0.2, 0.25) is 0 Å². The van der Waals surface area contributed by atoms with Crippen molar-refractivity contribution in [3.05, 3.63) is 0 Å². The SMILES string of the molecule is [B]N1C(=O)NC(=O)C1C. The lowest BCUT2D eigenvalue weighted by Gasteiger charge is -2.09. The third kappa shape index (κ3) is 0.779. The van der Waals surface area contributed by atoms with Crippen LogP contribution >= 0.6 is 0 Å². The molecule has 0 aliphatic carbocycles. The number of nitrogens with one attached hydrogen (secondary N) is 1. The molecule has 1 N–H and O–H groups in total. The summed E-state index contributed by atoms with van der Waals surface area (Å²) < 4.78 is 0. The number of amides is 3. The van der Waals surface area contributed by atoms with E-state index < -0.39 is 12.1 Å². The second kappa shape index (κ2) is 1.75. The zero-order valence-corrected chi connectivity index (χ0v) is 4.92. The molecular weight excluding hydrogens is 119 g/mol. The van der Waals surface area contributed by atoms with Crippen LogP contribution in [0.15, 0.2) is 0 Å². The molecule has 0 spiro atoms. The highest BCUT2D eigenvalue weighted by Gasteiger charge is 2.30. The molecule has 46 valence electrons. The summed E-state index contributed by atoms with van der Waals surface area (Å²) in [5, 5.41) is 2.04. The lowest BCUT2D eigenvalue weighted by atomic mass is 10.2. The first-order chi connectivity index (χ1) is 4.13. The third-order valence-corrected chi connectivity index (χ3v) is 1.26. The van der Waals surface area contributed by atoms with Crippen molar-refractivity contribution in [1.82, 2.24) is 10.1 Å². The molecule has 1 unspecified atom stereocenters. The Kier molecular flexibility index (Phi) is 1.19. The summed E-state index contributed by atoms with van der Waals surface area (Å²) in [4.78, 5) is 21.9. The molecule has 2 radical (unpaired) electrons. The van der Waals surface area contributed by atoms with E-state index in [0.29, 0.717) is 0 Å². The summed E-state index contributed by atoms with van der Waals surface area (Å²) in [5.74, 6) is -0.345. The second-order valence-corrected chi connectivity index (χ2v) is 1.88. The standard InChI is InChI=1S/C4H5BN2O2/c1-2-3(8)6-4(9)7(2)5/h2H,1H3,(H,6,8,9). The van der Waals surface area contributed by atoms with Crippen molar-refractivity contribution in [2.45, 2.75) is 13.0 Å². The van der Waals surface area contributed by atoms with Gasteiger partial charge in [0, 0.05) is 0 Å². The maximum absolute atomic E-state index is 10.5. The molecule has 0 aromatic heterocycles. The van der Waals surface area contributed by atoms with Crippen molar-refractivity contribution in [2.75, 3.05) is 0 Å². The minimum atomic E-state index is -0.535. The lowest BCUT2D eigenvalue weighted by Crippen LogP contribution is -2.29. The molecule has 1 aliphatic rings. The highest BCUT2D eigenvalue weighted by Crippen LogP contribution is 2.01. The van der Waals surface area contributed by atoms with Gasteiger partial charge in [-0.15, -0.1) is 0 Å². The Morgan fingerprint density at radius 1 is 1.67 bits per heavy atom. The van der Waals surface area contributed by atoms with Crippen LogP contribution in [0.4, 0.5) is 4.79 Å². The van der Waals surface area contributed by atoms with Crippen molar-refractivity contribution in [3.8, 4) is 0 Å². The number of imide groups is 1. The molecule has 0 aromatic carbocycles. The fraction of sp³-hybridized carbons (Fsp3) is 0.500. The normalized spacial score (nSPS) is 26.8. The minimum absolute atomic E-state index is 0.345. The third-order valence-electron chi connectivity index (χ3n) is 1.26. The number of hydrogen-bond donors (Lipinski definition) is 1. The van der Waals surface area contributed by atoms with Gasteiger partial charge >= 0.3 is 6.03 Å². The van der Waals surface area contributed by atoms with Crippen LogP contribution in [0.5, 0.6) is 0 Å². The topological polar surface area (TPSA) is 49.4 Å². The van der Waals surface area contributed by atoms with Gasteiger partial charge in [0.25, 0.3) is 0 Å². The molecule has 1 aliphatic heterocycles. The van der Waals surface area contributed by atoms with Gasteiger partial charge in [0.15, 0.2) is 0 Å². The summed E-state index contributed by atoms with van der Waals surface area (Å²) >= 11 is 0. The monoisotopic (exact) mass is 124 g/mol. The molecule has 1 saturated heterocycles. The number of urea groups is 1. The van der Waals surface area contributed by atoms with Crippen LogP contribution in [-0.2, 0) is 4.79 Å². The highest BCUT2D eigenvalue weighted by molar-refractivity contribution is 6.21. The lowest BCUT2D eigenvalue weighted by molar-refractivity contribution is -0.120. The van der Waals surface area contributed by atoms with E-state index in [2.05, 4.69) is 0 Å². The molecule has 1 heterocycles. The van der Waals surface area contributed by atoms with E-state index in [0.717, 1.165) is 4.81 Å². The Bertz CT molecular complexity index is 152. The van der Waals surface area contributed by atoms with Crippen molar-refractivity contribution >= 4 is 19.9 Å². The van der Waals surface area contributed by atoms with Crippen LogP contribution in [-0.4, -0.2) is 30.8 Å². The van der Waals surface area contributed by atoms with Gasteiger partial charge in [-0.05, 0) is 6.92 Å². The van der Waals surface area contributed by atoms with Crippen LogP contribution in [0.25, 0.3) is 0 Å². The van der Waals surface area contributed by atoms with Gasteiger partial charge in [-0.1, -0.05) is 0 Å². The molecular formula is C4H5BN2O2. The second-order valence-electron chi connectivity index (χ2n) is 1.88. The number of carbonyl (C=O) groups excluding carboxylic acids is 2. The predicted molar refractivity (Wildman–Crippen MR) is 30.6 cm³/mol. The quantitative estimate of drug-likeness (QED) is 0.333. The van der Waals surface area contributed by atoms with E-state index in [9.17, 15) is 9.59 Å². The number of rotatable bonds is 0. The molecule has 4 nitrogen and oxygen atoms in total. The van der Waals surface area contributed by atoms with Gasteiger partial charge in [-0.25, -0.2) is 4.79 Å². The Labute approximate surface area is 53.6 Å². The van der Waals surface area contributed by atoms with E-state index in [-0.39, 0.29) is 5.91 Å².